The van der Waals surface area contributed by atoms with E-state index < -0.39 is 16.1 Å². The molecule has 2 aliphatic rings. The Morgan fingerprint density at radius 2 is 1.88 bits per heavy atom. The van der Waals surface area contributed by atoms with E-state index in [1.165, 1.54) is 12.1 Å². The number of nitro benzene ring substituents is 1. The number of non-ortho nitro benzene ring substituents is 1. The van der Waals surface area contributed by atoms with Gasteiger partial charge in [0.25, 0.3) is 16.8 Å². The molecule has 9 nitrogen and oxygen atoms in total. The highest BCUT2D eigenvalue weighted by Crippen LogP contribution is 2.34. The first kappa shape index (κ1) is 22.5. The van der Waals surface area contributed by atoms with Gasteiger partial charge < -0.3 is 9.64 Å². The lowest BCUT2D eigenvalue weighted by atomic mass is 10.1. The molecule has 0 bridgehead atoms. The van der Waals surface area contributed by atoms with Crippen molar-refractivity contribution in [1.82, 2.24) is 9.80 Å². The molecule has 2 aromatic rings. The maximum absolute atomic E-state index is 12.8. The minimum Gasteiger partial charge on any atom is -0.488 e. The molecule has 3 amide bonds. The average molecular weight is 468 g/mol. The minimum atomic E-state index is -0.508. The van der Waals surface area contributed by atoms with Crippen LogP contribution < -0.4 is 4.74 Å². The molecule has 0 aromatic heterocycles. The molecule has 0 atom stereocenters. The fourth-order valence-corrected chi connectivity index (χ4v) is 4.46. The number of hydrogen-bond donors (Lipinski definition) is 0. The smallest absolute Gasteiger partial charge is 0.294 e. The van der Waals surface area contributed by atoms with Gasteiger partial charge in [-0.1, -0.05) is 30.3 Å². The van der Waals surface area contributed by atoms with Gasteiger partial charge in [-0.3, -0.25) is 29.4 Å². The summed E-state index contributed by atoms with van der Waals surface area (Å²) >= 11 is 0.787. The number of nitro groups is 1. The van der Waals surface area contributed by atoms with E-state index in [0.717, 1.165) is 29.5 Å². The van der Waals surface area contributed by atoms with Crippen molar-refractivity contribution in [3.05, 3.63) is 74.7 Å². The standard InChI is InChI=1S/C23H21N3O6S/c27-21(24-10-3-4-11-24)14-25-22(28)20(33-23(25)29)13-17-7-1-2-9-19(17)32-15-16-6-5-8-18(12-16)26(30)31/h1-2,5-9,12-13H,3-4,10-11,14-15H2/b20-13+. The summed E-state index contributed by atoms with van der Waals surface area (Å²) in [6, 6.07) is 13.1. The molecule has 2 saturated heterocycles. The van der Waals surface area contributed by atoms with E-state index in [0.29, 0.717) is 30.0 Å². The number of carbonyl (C=O) groups excluding carboxylic acids is 3. The van der Waals surface area contributed by atoms with Gasteiger partial charge in [0.2, 0.25) is 5.91 Å². The van der Waals surface area contributed by atoms with Crippen molar-refractivity contribution in [2.45, 2.75) is 19.4 Å². The highest BCUT2D eigenvalue weighted by Gasteiger charge is 2.37. The number of rotatable bonds is 7. The van der Waals surface area contributed by atoms with Gasteiger partial charge in [-0.05, 0) is 42.3 Å². The molecular weight excluding hydrogens is 446 g/mol. The van der Waals surface area contributed by atoms with Crippen molar-refractivity contribution in [2.75, 3.05) is 19.6 Å². The first-order chi connectivity index (χ1) is 15.9. The molecule has 2 fully saturated rings. The van der Waals surface area contributed by atoms with E-state index in [2.05, 4.69) is 0 Å². The van der Waals surface area contributed by atoms with Crippen LogP contribution in [0.15, 0.2) is 53.4 Å². The Morgan fingerprint density at radius 3 is 2.64 bits per heavy atom. The quantitative estimate of drug-likeness (QED) is 0.346. The molecular formula is C23H21N3O6S. The van der Waals surface area contributed by atoms with Crippen LogP contribution in [0.5, 0.6) is 5.75 Å². The van der Waals surface area contributed by atoms with Gasteiger partial charge in [0.15, 0.2) is 0 Å². The van der Waals surface area contributed by atoms with Gasteiger partial charge in [-0.15, -0.1) is 0 Å². The summed E-state index contributed by atoms with van der Waals surface area (Å²) in [6.45, 7) is 1.14. The van der Waals surface area contributed by atoms with Gasteiger partial charge >= 0.3 is 0 Å². The molecule has 10 heteroatoms. The van der Waals surface area contributed by atoms with Crippen LogP contribution in [0.1, 0.15) is 24.0 Å². The SMILES string of the molecule is O=C(CN1C(=O)S/C(=C/c2ccccc2OCc2cccc([N+](=O)[O-])c2)C1=O)N1CCCC1. The minimum absolute atomic E-state index is 0.0264. The van der Waals surface area contributed by atoms with Crippen molar-refractivity contribution >= 4 is 40.6 Å². The van der Waals surface area contributed by atoms with Crippen LogP contribution in [0.2, 0.25) is 0 Å². The van der Waals surface area contributed by atoms with E-state index >= 15 is 0 Å². The molecule has 0 radical (unpaired) electrons. The number of likely N-dealkylation sites (tertiary alicyclic amines) is 1. The third-order valence-electron chi connectivity index (χ3n) is 5.35. The maximum Gasteiger partial charge on any atom is 0.294 e. The number of nitrogens with zero attached hydrogens (tertiary/aromatic N) is 3. The lowest BCUT2D eigenvalue weighted by Crippen LogP contribution is -2.40. The van der Waals surface area contributed by atoms with Gasteiger partial charge in [0.1, 0.15) is 18.9 Å². The van der Waals surface area contributed by atoms with E-state index in [1.807, 2.05) is 0 Å². The van der Waals surface area contributed by atoms with E-state index in [4.69, 9.17) is 4.74 Å². The second kappa shape index (κ2) is 9.86. The average Bonchev–Trinajstić information content (AvgIpc) is 3.44. The zero-order valence-electron chi connectivity index (χ0n) is 17.6. The van der Waals surface area contributed by atoms with Crippen molar-refractivity contribution in [1.29, 1.82) is 0 Å². The molecule has 2 heterocycles. The van der Waals surface area contributed by atoms with E-state index in [9.17, 15) is 24.5 Å². The summed E-state index contributed by atoms with van der Waals surface area (Å²) in [5.41, 5.74) is 1.18. The first-order valence-corrected chi connectivity index (χ1v) is 11.2. The van der Waals surface area contributed by atoms with Crippen molar-refractivity contribution < 1.29 is 24.0 Å². The Bertz CT molecular complexity index is 1140. The number of para-hydroxylation sites is 1. The summed E-state index contributed by atoms with van der Waals surface area (Å²) in [5, 5.41) is 10.5. The molecule has 0 unspecified atom stereocenters. The Kier molecular flexibility index (Phi) is 6.74. The number of hydrogen-bond acceptors (Lipinski definition) is 7. The zero-order valence-corrected chi connectivity index (χ0v) is 18.5. The van der Waals surface area contributed by atoms with Crippen LogP contribution in [0.25, 0.3) is 6.08 Å². The Balaban J connectivity index is 1.47. The number of imide groups is 1. The molecule has 0 saturated carbocycles. The molecule has 4 rings (SSSR count). The molecule has 2 aliphatic heterocycles. The van der Waals surface area contributed by atoms with E-state index in [1.54, 1.807) is 47.4 Å². The predicted molar refractivity (Wildman–Crippen MR) is 122 cm³/mol. The molecule has 0 spiro atoms. The molecule has 0 aliphatic carbocycles. The van der Waals surface area contributed by atoms with Crippen molar-refractivity contribution in [3.8, 4) is 5.75 Å². The summed E-state index contributed by atoms with van der Waals surface area (Å²) in [4.78, 5) is 50.9. The summed E-state index contributed by atoms with van der Waals surface area (Å²) in [7, 11) is 0. The van der Waals surface area contributed by atoms with Crippen LogP contribution in [-0.4, -0.2) is 51.4 Å². The van der Waals surface area contributed by atoms with Crippen LogP contribution in [-0.2, 0) is 16.2 Å². The van der Waals surface area contributed by atoms with Gasteiger partial charge in [-0.25, -0.2) is 0 Å². The summed E-state index contributed by atoms with van der Waals surface area (Å²) < 4.78 is 5.84. The number of carbonyl (C=O) groups is 3. The second-order valence-electron chi connectivity index (χ2n) is 7.61. The van der Waals surface area contributed by atoms with Crippen molar-refractivity contribution in [2.24, 2.45) is 0 Å². The van der Waals surface area contributed by atoms with Crippen LogP contribution in [0.4, 0.5) is 10.5 Å². The Morgan fingerprint density at radius 1 is 1.12 bits per heavy atom. The fraction of sp³-hybridized carbons (Fsp3) is 0.261. The fourth-order valence-electron chi connectivity index (χ4n) is 3.63. The number of amides is 3. The van der Waals surface area contributed by atoms with Crippen LogP contribution >= 0.6 is 11.8 Å². The van der Waals surface area contributed by atoms with Crippen molar-refractivity contribution in [3.63, 3.8) is 0 Å². The second-order valence-corrected chi connectivity index (χ2v) is 8.60. The number of benzene rings is 2. The number of thioether (sulfide) groups is 1. The monoisotopic (exact) mass is 467 g/mol. The predicted octanol–water partition coefficient (Wildman–Crippen LogP) is 3.83. The largest absolute Gasteiger partial charge is 0.488 e. The van der Waals surface area contributed by atoms with E-state index in [-0.39, 0.29) is 29.7 Å². The normalized spacial score (nSPS) is 17.2. The van der Waals surface area contributed by atoms with Gasteiger partial charge in [0.05, 0.1) is 9.83 Å². The summed E-state index contributed by atoms with van der Waals surface area (Å²) in [6.07, 6.45) is 3.43. The van der Waals surface area contributed by atoms with Gasteiger partial charge in [0, 0.05) is 30.8 Å². The lowest BCUT2D eigenvalue weighted by molar-refractivity contribution is -0.384. The van der Waals surface area contributed by atoms with Gasteiger partial charge in [-0.2, -0.15) is 0 Å². The maximum atomic E-state index is 12.8. The molecule has 0 N–H and O–H groups in total. The number of ether oxygens (including phenoxy) is 1. The van der Waals surface area contributed by atoms with Crippen LogP contribution in [0, 0.1) is 10.1 Å². The zero-order chi connectivity index (χ0) is 23.4. The third kappa shape index (κ3) is 5.23. The molecule has 170 valence electrons. The molecule has 33 heavy (non-hydrogen) atoms. The summed E-state index contributed by atoms with van der Waals surface area (Å²) in [5.74, 6) is -0.272. The van der Waals surface area contributed by atoms with Crippen LogP contribution in [0.3, 0.4) is 0 Å². The first-order valence-electron chi connectivity index (χ1n) is 10.4. The molecule has 2 aromatic carbocycles. The Hall–Kier alpha value is -3.66. The lowest BCUT2D eigenvalue weighted by Gasteiger charge is -2.18. The highest BCUT2D eigenvalue weighted by molar-refractivity contribution is 8.18. The highest BCUT2D eigenvalue weighted by atomic mass is 32.2. The Labute approximate surface area is 194 Å². The third-order valence-corrected chi connectivity index (χ3v) is 6.25. The topological polar surface area (TPSA) is 110 Å².